The zero-order chi connectivity index (χ0) is 24.8. The second-order valence-corrected chi connectivity index (χ2v) is 8.87. The number of hydrogen-bond donors (Lipinski definition) is 4. The van der Waals surface area contributed by atoms with Crippen LogP contribution < -0.4 is 17.2 Å². The number of fused-ring (bicyclic) bond motifs is 1. The van der Waals surface area contributed by atoms with Crippen molar-refractivity contribution in [3.8, 4) is 0 Å². The van der Waals surface area contributed by atoms with Crippen LogP contribution in [-0.4, -0.2) is 45.1 Å². The number of hydrogen-bond acceptors (Lipinski definition) is 8. The molecule has 180 valence electrons. The van der Waals surface area contributed by atoms with E-state index < -0.39 is 23.0 Å². The summed E-state index contributed by atoms with van der Waals surface area (Å²) >= 11 is 1.03. The summed E-state index contributed by atoms with van der Waals surface area (Å²) in [6, 6.07) is 11.1. The number of benzene rings is 2. The lowest BCUT2D eigenvalue weighted by Gasteiger charge is -2.16. The molecule has 0 saturated carbocycles. The van der Waals surface area contributed by atoms with Crippen LogP contribution in [0.4, 0.5) is 5.69 Å². The molecule has 3 aromatic rings. The fraction of sp³-hybridized carbons (Fsp3) is 0.304. The van der Waals surface area contributed by atoms with E-state index >= 15 is 0 Å². The van der Waals surface area contributed by atoms with Crippen molar-refractivity contribution in [2.75, 3.05) is 6.54 Å². The van der Waals surface area contributed by atoms with Crippen molar-refractivity contribution in [2.45, 2.75) is 47.7 Å². The Hall–Kier alpha value is -3.25. The number of carboxylic acids is 1. The SMILES string of the molecule is NCCCCC(N)C(=O)n1c(Sc2ccccc2[N+](=O)[O-])c(CC(N)C(=O)O)c2ccccc21. The van der Waals surface area contributed by atoms with Gasteiger partial charge in [-0.3, -0.25) is 24.3 Å². The Balaban J connectivity index is 2.20. The van der Waals surface area contributed by atoms with Crippen LogP contribution in [0.5, 0.6) is 0 Å². The Kier molecular flexibility index (Phi) is 8.40. The lowest BCUT2D eigenvalue weighted by molar-refractivity contribution is -0.387. The zero-order valence-corrected chi connectivity index (χ0v) is 19.2. The molecule has 0 amide bonds. The number of nitrogens with two attached hydrogens (primary N) is 3. The molecule has 11 heteroatoms. The number of aromatic nitrogens is 1. The third-order valence-corrected chi connectivity index (χ3v) is 6.64. The van der Waals surface area contributed by atoms with Crippen LogP contribution in [0.25, 0.3) is 10.9 Å². The molecular weight excluding hydrogens is 458 g/mol. The number of unbranched alkanes of at least 4 members (excludes halogenated alkanes) is 1. The van der Waals surface area contributed by atoms with Gasteiger partial charge < -0.3 is 22.3 Å². The van der Waals surface area contributed by atoms with Crippen LogP contribution in [0.3, 0.4) is 0 Å². The van der Waals surface area contributed by atoms with E-state index in [0.29, 0.717) is 45.8 Å². The maximum Gasteiger partial charge on any atom is 0.320 e. The molecule has 3 rings (SSSR count). The summed E-state index contributed by atoms with van der Waals surface area (Å²) in [6.45, 7) is 0.489. The lowest BCUT2D eigenvalue weighted by atomic mass is 10.1. The first-order chi connectivity index (χ1) is 16.3. The van der Waals surface area contributed by atoms with Gasteiger partial charge in [0.2, 0.25) is 5.91 Å². The summed E-state index contributed by atoms with van der Waals surface area (Å²) in [6.07, 6.45) is 1.75. The van der Waals surface area contributed by atoms with E-state index in [2.05, 4.69) is 0 Å². The van der Waals surface area contributed by atoms with Gasteiger partial charge in [-0.05, 0) is 37.1 Å². The minimum absolute atomic E-state index is 0.0680. The van der Waals surface area contributed by atoms with Gasteiger partial charge in [-0.2, -0.15) is 0 Å². The third kappa shape index (κ3) is 5.45. The number of carboxylic acid groups (broad SMARTS) is 1. The van der Waals surface area contributed by atoms with E-state index in [-0.39, 0.29) is 18.0 Å². The number of carbonyl (C=O) groups is 2. The number of rotatable bonds is 11. The fourth-order valence-corrected chi connectivity index (χ4v) is 4.91. The van der Waals surface area contributed by atoms with E-state index in [4.69, 9.17) is 17.2 Å². The van der Waals surface area contributed by atoms with Gasteiger partial charge in [0.1, 0.15) is 6.04 Å². The number of para-hydroxylation sites is 2. The Morgan fingerprint density at radius 1 is 1.06 bits per heavy atom. The topological polar surface area (TPSA) is 180 Å². The van der Waals surface area contributed by atoms with Crippen molar-refractivity contribution in [1.82, 2.24) is 4.57 Å². The van der Waals surface area contributed by atoms with Crippen LogP contribution in [0, 0.1) is 10.1 Å². The highest BCUT2D eigenvalue weighted by molar-refractivity contribution is 7.99. The Bertz CT molecular complexity index is 1210. The molecule has 0 bridgehead atoms. The lowest BCUT2D eigenvalue weighted by Crippen LogP contribution is -2.35. The first-order valence-electron chi connectivity index (χ1n) is 10.8. The Morgan fingerprint density at radius 3 is 2.41 bits per heavy atom. The molecule has 2 unspecified atom stereocenters. The molecule has 34 heavy (non-hydrogen) atoms. The molecule has 2 atom stereocenters. The number of carbonyl (C=O) groups excluding carboxylic acids is 1. The number of nitrogens with zero attached hydrogens (tertiary/aromatic N) is 2. The van der Waals surface area contributed by atoms with Crippen molar-refractivity contribution in [3.63, 3.8) is 0 Å². The quantitative estimate of drug-likeness (QED) is 0.180. The first kappa shape index (κ1) is 25.4. The molecule has 7 N–H and O–H groups in total. The molecule has 0 aliphatic heterocycles. The molecule has 1 heterocycles. The van der Waals surface area contributed by atoms with Crippen LogP contribution in [-0.2, 0) is 11.2 Å². The standard InChI is InChI=1S/C23H27N5O5S/c24-12-6-5-8-16(25)21(29)27-18-9-2-1-7-14(18)15(13-17(26)23(30)31)22(27)34-20-11-4-3-10-19(20)28(32)33/h1-4,7,9-11,16-17H,5-6,8,12-13,24-26H2,(H,30,31). The van der Waals surface area contributed by atoms with E-state index in [1.165, 1.54) is 10.6 Å². The molecule has 0 aliphatic carbocycles. The van der Waals surface area contributed by atoms with Gasteiger partial charge >= 0.3 is 5.97 Å². The monoisotopic (exact) mass is 485 g/mol. The molecule has 0 aliphatic rings. The van der Waals surface area contributed by atoms with E-state index in [0.717, 1.165) is 18.2 Å². The summed E-state index contributed by atoms with van der Waals surface area (Å²) in [5.74, 6) is -1.58. The Morgan fingerprint density at radius 2 is 1.74 bits per heavy atom. The Labute approximate surface area is 200 Å². The molecule has 10 nitrogen and oxygen atoms in total. The van der Waals surface area contributed by atoms with Gasteiger partial charge in [0.05, 0.1) is 26.4 Å². The van der Waals surface area contributed by atoms with Gasteiger partial charge in [-0.25, -0.2) is 0 Å². The fourth-order valence-electron chi connectivity index (χ4n) is 3.71. The largest absolute Gasteiger partial charge is 0.480 e. The minimum atomic E-state index is -1.22. The summed E-state index contributed by atoms with van der Waals surface area (Å²) in [5.41, 5.74) is 18.6. The minimum Gasteiger partial charge on any atom is -0.480 e. The second-order valence-electron chi connectivity index (χ2n) is 7.84. The second kappa shape index (κ2) is 11.3. The molecular formula is C23H27N5O5S. The summed E-state index contributed by atoms with van der Waals surface area (Å²) in [7, 11) is 0. The van der Waals surface area contributed by atoms with Crippen molar-refractivity contribution in [2.24, 2.45) is 17.2 Å². The van der Waals surface area contributed by atoms with Crippen molar-refractivity contribution in [3.05, 3.63) is 64.2 Å². The number of aliphatic carboxylic acids is 1. The van der Waals surface area contributed by atoms with Gasteiger partial charge in [0.25, 0.3) is 5.69 Å². The van der Waals surface area contributed by atoms with Gasteiger partial charge in [-0.1, -0.05) is 48.5 Å². The average molecular weight is 486 g/mol. The molecule has 0 radical (unpaired) electrons. The predicted molar refractivity (Wildman–Crippen MR) is 130 cm³/mol. The summed E-state index contributed by atoms with van der Waals surface area (Å²) < 4.78 is 1.44. The predicted octanol–water partition coefficient (Wildman–Crippen LogP) is 2.75. The molecule has 0 spiro atoms. The van der Waals surface area contributed by atoms with Crippen LogP contribution in [0.15, 0.2) is 58.5 Å². The van der Waals surface area contributed by atoms with Gasteiger partial charge in [0.15, 0.2) is 0 Å². The highest BCUT2D eigenvalue weighted by atomic mass is 32.2. The maximum atomic E-state index is 13.5. The van der Waals surface area contributed by atoms with Crippen molar-refractivity contribution >= 4 is 40.2 Å². The molecule has 2 aromatic carbocycles. The zero-order valence-electron chi connectivity index (χ0n) is 18.4. The smallest absolute Gasteiger partial charge is 0.320 e. The number of nitro benzene ring substituents is 1. The third-order valence-electron chi connectivity index (χ3n) is 5.45. The number of nitro groups is 1. The van der Waals surface area contributed by atoms with E-state index in [1.54, 1.807) is 42.5 Å². The molecule has 0 saturated heterocycles. The maximum absolute atomic E-state index is 13.5. The van der Waals surface area contributed by atoms with E-state index in [1.807, 2.05) is 0 Å². The normalized spacial score (nSPS) is 13.0. The van der Waals surface area contributed by atoms with Crippen molar-refractivity contribution in [1.29, 1.82) is 0 Å². The van der Waals surface area contributed by atoms with Gasteiger partial charge in [-0.15, -0.1) is 0 Å². The molecule has 0 fully saturated rings. The highest BCUT2D eigenvalue weighted by Crippen LogP contribution is 2.41. The average Bonchev–Trinajstić information content (AvgIpc) is 3.11. The van der Waals surface area contributed by atoms with Crippen molar-refractivity contribution < 1.29 is 19.6 Å². The summed E-state index contributed by atoms with van der Waals surface area (Å²) in [4.78, 5) is 36.5. The molecule has 1 aromatic heterocycles. The summed E-state index contributed by atoms with van der Waals surface area (Å²) in [5, 5.41) is 22.0. The first-order valence-corrected chi connectivity index (χ1v) is 11.6. The van der Waals surface area contributed by atoms with Crippen LogP contribution in [0.1, 0.15) is 29.6 Å². The van der Waals surface area contributed by atoms with Gasteiger partial charge in [0, 0.05) is 17.9 Å². The highest BCUT2D eigenvalue weighted by Gasteiger charge is 2.29. The van der Waals surface area contributed by atoms with Crippen LogP contribution >= 0.6 is 11.8 Å². The van der Waals surface area contributed by atoms with Crippen LogP contribution in [0.2, 0.25) is 0 Å². The van der Waals surface area contributed by atoms with E-state index in [9.17, 15) is 24.8 Å².